The van der Waals surface area contributed by atoms with Crippen LogP contribution < -0.4 is 17.2 Å². The van der Waals surface area contributed by atoms with E-state index < -0.39 is 47.1 Å². The average Bonchev–Trinajstić information content (AvgIpc) is 2.47. The van der Waals surface area contributed by atoms with Crippen LogP contribution in [0.4, 0.5) is 0 Å². The molecule has 0 saturated heterocycles. The normalized spacial score (nSPS) is 16.1. The molecule has 0 aliphatic carbocycles. The second kappa shape index (κ2) is 10.4. The maximum atomic E-state index is 12.2. The van der Waals surface area contributed by atoms with E-state index in [0.29, 0.717) is 0 Å². The lowest BCUT2D eigenvalue weighted by Crippen LogP contribution is -2.49. The first-order valence-electron chi connectivity index (χ1n) is 6.34. The molecule has 0 aromatic rings. The zero-order chi connectivity index (χ0) is 18.2. The quantitative estimate of drug-likeness (QED) is 0.213. The number of hydrogen-bond donors (Lipinski definition) is 6. The van der Waals surface area contributed by atoms with E-state index >= 15 is 0 Å². The number of nitrogens with two attached hydrogens (primary N) is 3. The average molecular weight is 369 g/mol. The first kappa shape index (κ1) is 21.7. The summed E-state index contributed by atoms with van der Waals surface area (Å²) in [6, 6.07) is -3.91. The second-order valence-electron chi connectivity index (χ2n) is 4.55. The van der Waals surface area contributed by atoms with Gasteiger partial charge >= 0.3 is 17.9 Å². The number of carbonyl (C=O) groups excluding carboxylic acids is 1. The number of carbonyl (C=O) groups is 4. The Morgan fingerprint density at radius 1 is 0.913 bits per heavy atom. The van der Waals surface area contributed by atoms with Crippen molar-refractivity contribution in [1.82, 2.24) is 0 Å². The summed E-state index contributed by atoms with van der Waals surface area (Å²) in [4.78, 5) is 44.2. The predicted octanol–water partition coefficient (Wildman–Crippen LogP) is -1.68. The topological polar surface area (TPSA) is 207 Å². The van der Waals surface area contributed by atoms with E-state index in [4.69, 9.17) is 32.5 Å². The summed E-state index contributed by atoms with van der Waals surface area (Å²) in [5.74, 6) is -4.57. The van der Waals surface area contributed by atoms with E-state index in [1.165, 1.54) is 0 Å². The minimum Gasteiger partial charge on any atom is -0.481 e. The van der Waals surface area contributed by atoms with Crippen molar-refractivity contribution in [2.24, 2.45) is 17.2 Å². The molecule has 0 aromatic heterocycles. The van der Waals surface area contributed by atoms with Crippen LogP contribution >= 0.6 is 21.6 Å². The van der Waals surface area contributed by atoms with Crippen LogP contribution in [0, 0.1) is 0 Å². The Morgan fingerprint density at radius 2 is 1.48 bits per heavy atom. The van der Waals surface area contributed by atoms with Gasteiger partial charge < -0.3 is 32.5 Å². The number of hydrogen-bond acceptors (Lipinski definition) is 9. The van der Waals surface area contributed by atoms with E-state index in [2.05, 4.69) is 0 Å². The molecule has 0 rings (SSSR count). The van der Waals surface area contributed by atoms with Crippen molar-refractivity contribution in [2.45, 2.75) is 36.2 Å². The Morgan fingerprint density at radius 3 is 1.91 bits per heavy atom. The van der Waals surface area contributed by atoms with E-state index in [1.807, 2.05) is 0 Å². The fraction of sp³-hybridized carbons (Fsp3) is 0.636. The molecule has 0 spiro atoms. The number of rotatable bonds is 12. The smallest absolute Gasteiger partial charge is 0.322 e. The third-order valence-electron chi connectivity index (χ3n) is 2.66. The summed E-state index contributed by atoms with van der Waals surface area (Å²) in [5.41, 5.74) is 16.3. The van der Waals surface area contributed by atoms with Crippen LogP contribution in [-0.2, 0) is 19.2 Å². The summed E-state index contributed by atoms with van der Waals surface area (Å²) in [7, 11) is 1.65. The molecule has 0 saturated carbocycles. The lowest BCUT2D eigenvalue weighted by Gasteiger charge is -2.22. The van der Waals surface area contributed by atoms with Gasteiger partial charge in [-0.15, -0.1) is 0 Å². The van der Waals surface area contributed by atoms with Crippen LogP contribution in [0.5, 0.6) is 0 Å². The van der Waals surface area contributed by atoms with Crippen LogP contribution in [0.25, 0.3) is 0 Å². The highest BCUT2D eigenvalue weighted by atomic mass is 33.1. The summed E-state index contributed by atoms with van der Waals surface area (Å²) >= 11 is 0. The molecule has 12 heteroatoms. The minimum atomic E-state index is -1.56. The monoisotopic (exact) mass is 369 g/mol. The lowest BCUT2D eigenvalue weighted by molar-refractivity contribution is -0.140. The molecule has 0 radical (unpaired) electrons. The van der Waals surface area contributed by atoms with Gasteiger partial charge in [0.15, 0.2) is 5.78 Å². The molecule has 4 atom stereocenters. The van der Waals surface area contributed by atoms with E-state index in [1.54, 1.807) is 0 Å². The molecular weight excluding hydrogens is 350 g/mol. The zero-order valence-electron chi connectivity index (χ0n) is 12.0. The van der Waals surface area contributed by atoms with Crippen LogP contribution in [-0.4, -0.2) is 68.1 Å². The van der Waals surface area contributed by atoms with Gasteiger partial charge in [-0.1, -0.05) is 21.6 Å². The standard InChI is InChI=1S/C11H19N3O7S2/c12-4(1-2-6(15)16)8(17)9(7(14)11(20)21)23-22-3-5(13)10(18)19/h4-5,7,9H,1-3,12-14H2,(H,15,16)(H,18,19)(H,20,21)/t4-,5-,7-,9?/m0/s1. The van der Waals surface area contributed by atoms with Crippen LogP contribution in [0.15, 0.2) is 0 Å². The molecule has 9 N–H and O–H groups in total. The summed E-state index contributed by atoms with van der Waals surface area (Å²) in [5, 5.41) is 24.9. The molecule has 0 aromatic carbocycles. The first-order valence-corrected chi connectivity index (χ1v) is 8.72. The third-order valence-corrected chi connectivity index (χ3v) is 5.47. The Hall–Kier alpha value is -1.34. The lowest BCUT2D eigenvalue weighted by atomic mass is 10.0. The number of aliphatic carboxylic acids is 3. The van der Waals surface area contributed by atoms with Gasteiger partial charge in [0.2, 0.25) is 0 Å². The molecule has 0 amide bonds. The molecular formula is C11H19N3O7S2. The number of carboxylic acid groups (broad SMARTS) is 3. The molecule has 132 valence electrons. The molecule has 0 aliphatic rings. The number of Topliss-reactive ketones (excluding diaryl/α,β-unsaturated/α-hetero) is 1. The fourth-order valence-electron chi connectivity index (χ4n) is 1.30. The van der Waals surface area contributed by atoms with Crippen molar-refractivity contribution >= 4 is 45.3 Å². The van der Waals surface area contributed by atoms with Gasteiger partial charge in [-0.25, -0.2) is 0 Å². The van der Waals surface area contributed by atoms with Gasteiger partial charge in [-0.2, -0.15) is 0 Å². The molecule has 0 bridgehead atoms. The summed E-state index contributed by atoms with van der Waals surface area (Å²) < 4.78 is 0. The predicted molar refractivity (Wildman–Crippen MR) is 84.9 cm³/mol. The molecule has 1 unspecified atom stereocenters. The van der Waals surface area contributed by atoms with Crippen molar-refractivity contribution in [3.63, 3.8) is 0 Å². The largest absolute Gasteiger partial charge is 0.481 e. The SMILES string of the molecule is N[C@H](C(=O)O)C(SSC[C@H](N)C(=O)O)C(=O)[C@@H](N)CCC(=O)O. The van der Waals surface area contributed by atoms with E-state index in [0.717, 1.165) is 21.6 Å². The van der Waals surface area contributed by atoms with Crippen LogP contribution in [0.1, 0.15) is 12.8 Å². The van der Waals surface area contributed by atoms with Crippen LogP contribution in [0.2, 0.25) is 0 Å². The fourth-order valence-corrected chi connectivity index (χ4v) is 4.08. The Balaban J connectivity index is 4.79. The van der Waals surface area contributed by atoms with Gasteiger partial charge in [-0.3, -0.25) is 19.2 Å². The summed E-state index contributed by atoms with van der Waals surface area (Å²) in [6.45, 7) is 0. The van der Waals surface area contributed by atoms with Crippen molar-refractivity contribution in [3.05, 3.63) is 0 Å². The first-order chi connectivity index (χ1) is 10.6. The second-order valence-corrected chi connectivity index (χ2v) is 7.11. The van der Waals surface area contributed by atoms with Crippen molar-refractivity contribution in [3.8, 4) is 0 Å². The summed E-state index contributed by atoms with van der Waals surface area (Å²) in [6.07, 6.45) is -0.499. The highest BCUT2D eigenvalue weighted by Gasteiger charge is 2.34. The highest BCUT2D eigenvalue weighted by molar-refractivity contribution is 8.77. The van der Waals surface area contributed by atoms with E-state index in [9.17, 15) is 19.2 Å². The van der Waals surface area contributed by atoms with Crippen molar-refractivity contribution in [1.29, 1.82) is 0 Å². The third kappa shape index (κ3) is 8.18. The van der Waals surface area contributed by atoms with Gasteiger partial charge in [0.1, 0.15) is 17.3 Å². The van der Waals surface area contributed by atoms with Gasteiger partial charge in [0, 0.05) is 12.2 Å². The van der Waals surface area contributed by atoms with E-state index in [-0.39, 0.29) is 18.6 Å². The maximum absolute atomic E-state index is 12.2. The molecule has 0 aliphatic heterocycles. The Kier molecular flexibility index (Phi) is 9.83. The van der Waals surface area contributed by atoms with Gasteiger partial charge in [0.05, 0.1) is 6.04 Å². The zero-order valence-corrected chi connectivity index (χ0v) is 13.6. The minimum absolute atomic E-state index is 0.0690. The number of carboxylic acids is 3. The van der Waals surface area contributed by atoms with Crippen LogP contribution in [0.3, 0.4) is 0 Å². The highest BCUT2D eigenvalue weighted by Crippen LogP contribution is 2.30. The number of ketones is 1. The Labute approximate surface area is 139 Å². The van der Waals surface area contributed by atoms with Gasteiger partial charge in [0.25, 0.3) is 0 Å². The molecule has 0 fully saturated rings. The van der Waals surface area contributed by atoms with Crippen molar-refractivity contribution in [2.75, 3.05) is 5.75 Å². The molecule has 0 heterocycles. The van der Waals surface area contributed by atoms with Crippen molar-refractivity contribution < 1.29 is 34.5 Å². The Bertz CT molecular complexity index is 463. The molecule has 10 nitrogen and oxygen atoms in total. The van der Waals surface area contributed by atoms with Gasteiger partial charge in [-0.05, 0) is 6.42 Å². The maximum Gasteiger partial charge on any atom is 0.322 e. The molecule has 23 heavy (non-hydrogen) atoms.